The summed E-state index contributed by atoms with van der Waals surface area (Å²) < 4.78 is 79.1. The van der Waals surface area contributed by atoms with E-state index >= 15 is 0 Å². The molecule has 0 aliphatic rings. The van der Waals surface area contributed by atoms with Gasteiger partial charge in [-0.2, -0.15) is 0 Å². The Bertz CT molecular complexity index is 647. The summed E-state index contributed by atoms with van der Waals surface area (Å²) in [4.78, 5) is 0. The average molecular weight is 682 g/mol. The topological polar surface area (TPSA) is 151 Å². The molecule has 13 heteroatoms. The quantitative estimate of drug-likeness (QED) is 0.0342. The predicted octanol–water partition coefficient (Wildman–Crippen LogP) is 6.80. The summed E-state index contributed by atoms with van der Waals surface area (Å²) in [6.07, 6.45) is 25.3. The van der Waals surface area contributed by atoms with Crippen molar-refractivity contribution in [3.63, 3.8) is 0 Å². The maximum absolute atomic E-state index is 10.1. The van der Waals surface area contributed by atoms with Crippen molar-refractivity contribution >= 4 is 20.8 Å². The van der Waals surface area contributed by atoms with Gasteiger partial charge < -0.3 is 18.6 Å². The number of rotatable bonds is 30. The van der Waals surface area contributed by atoms with Gasteiger partial charge in [0.05, 0.1) is 26.4 Å². The fourth-order valence-electron chi connectivity index (χ4n) is 3.98. The Labute approximate surface area is 262 Å². The Morgan fingerprint density at radius 2 is 0.634 bits per heavy atom. The molecule has 253 valence electrons. The molecule has 0 bridgehead atoms. The zero-order valence-electron chi connectivity index (χ0n) is 25.6. The van der Waals surface area contributed by atoms with Gasteiger partial charge in [0.2, 0.25) is 20.8 Å². The molecule has 0 aromatic carbocycles. The summed E-state index contributed by atoms with van der Waals surface area (Å²) in [5, 5.41) is 0. The van der Waals surface area contributed by atoms with Gasteiger partial charge in [0.25, 0.3) is 0 Å². The van der Waals surface area contributed by atoms with Crippen LogP contribution in [-0.4, -0.2) is 65.6 Å². The molecule has 0 aliphatic heterocycles. The van der Waals surface area contributed by atoms with Crippen LogP contribution in [0.5, 0.6) is 0 Å². The minimum atomic E-state index is -4.57. The maximum Gasteiger partial charge on any atom is 2.00 e. The molecule has 0 unspecified atom stereocenters. The molecule has 0 spiro atoms. The third-order valence-corrected chi connectivity index (χ3v) is 7.11. The van der Waals surface area contributed by atoms with Crippen molar-refractivity contribution in [3.05, 3.63) is 0 Å². The predicted molar refractivity (Wildman–Crippen MR) is 157 cm³/mol. The van der Waals surface area contributed by atoms with Crippen LogP contribution in [0.2, 0.25) is 0 Å². The van der Waals surface area contributed by atoms with Gasteiger partial charge in [0.1, 0.15) is 0 Å². The van der Waals surface area contributed by atoms with Crippen LogP contribution >= 0.6 is 0 Å². The largest absolute Gasteiger partial charge is 2.00 e. The smallest absolute Gasteiger partial charge is 0.726 e. The van der Waals surface area contributed by atoms with E-state index in [0.717, 1.165) is 25.7 Å². The van der Waals surface area contributed by atoms with Crippen LogP contribution in [0, 0.1) is 0 Å². The normalized spacial score (nSPS) is 11.6. The fraction of sp³-hybridized carbons (Fsp3) is 1.00. The molecule has 0 rings (SSSR count). The number of hydrogen-bond acceptors (Lipinski definition) is 10. The second kappa shape index (κ2) is 34.7. The Balaban J connectivity index is -0.000000688. The van der Waals surface area contributed by atoms with Gasteiger partial charge >= 0.3 is 17.1 Å². The summed E-state index contributed by atoms with van der Waals surface area (Å²) in [5.41, 5.74) is 0. The van der Waals surface area contributed by atoms with Gasteiger partial charge in [-0.15, -0.1) is 0 Å². The van der Waals surface area contributed by atoms with Crippen LogP contribution in [0.1, 0.15) is 142 Å². The summed E-state index contributed by atoms with van der Waals surface area (Å²) in [6, 6.07) is 0. The van der Waals surface area contributed by atoms with E-state index in [-0.39, 0.29) is 43.5 Å². The van der Waals surface area contributed by atoms with E-state index in [1.54, 1.807) is 0 Å². The zero-order valence-corrected chi connectivity index (χ0v) is 28.2. The second-order valence-electron chi connectivity index (χ2n) is 10.0. The van der Waals surface area contributed by atoms with Gasteiger partial charge in [-0.05, 0) is 12.8 Å². The molecule has 0 saturated heterocycles. The third-order valence-electron chi connectivity index (χ3n) is 6.20. The van der Waals surface area contributed by atoms with Crippen LogP contribution in [0.25, 0.3) is 0 Å². The Morgan fingerprint density at radius 1 is 0.390 bits per heavy atom. The fourth-order valence-corrected chi connectivity index (χ4v) is 4.52. The molecule has 0 amide bonds. The molecule has 41 heavy (non-hydrogen) atoms. The first kappa shape index (κ1) is 45.6. The molecule has 10 nitrogen and oxygen atoms in total. The van der Waals surface area contributed by atoms with Crippen LogP contribution in [-0.2, 0) is 55.7 Å². The van der Waals surface area contributed by atoms with E-state index in [1.165, 1.54) is 103 Å². The van der Waals surface area contributed by atoms with Crippen molar-refractivity contribution in [1.82, 2.24) is 0 Å². The number of unbranched alkanes of at least 4 members (excludes halogenated alkanes) is 18. The van der Waals surface area contributed by atoms with Crippen molar-refractivity contribution in [2.75, 3.05) is 39.6 Å². The molecule has 1 radical (unpaired) electrons. The van der Waals surface area contributed by atoms with E-state index in [9.17, 15) is 25.9 Å². The van der Waals surface area contributed by atoms with E-state index in [0.29, 0.717) is 13.2 Å². The van der Waals surface area contributed by atoms with Gasteiger partial charge in [0, 0.05) is 13.2 Å². The first-order chi connectivity index (χ1) is 19.1. The molecule has 0 aromatic heterocycles. The maximum atomic E-state index is 10.1. The Hall–Kier alpha value is 0.179. The third kappa shape index (κ3) is 50.1. The number of hydrogen-bond donors (Lipinski definition) is 0. The van der Waals surface area contributed by atoms with Crippen molar-refractivity contribution in [1.29, 1.82) is 0 Å². The molecular formula is C28H58CuO10S2. The Kier molecular flexibility index (Phi) is 38.6. The van der Waals surface area contributed by atoms with Crippen LogP contribution in [0.3, 0.4) is 0 Å². The van der Waals surface area contributed by atoms with E-state index in [1.807, 2.05) is 0 Å². The number of ether oxygens (including phenoxy) is 2. The van der Waals surface area contributed by atoms with Gasteiger partial charge in [-0.1, -0.05) is 129 Å². The van der Waals surface area contributed by atoms with Gasteiger partial charge in [-0.3, -0.25) is 8.37 Å². The SMILES string of the molecule is CCCCCCCCCCCCOCCOS(=O)(=O)[O-].CCCCCCCCCCCCOCCOS(=O)(=O)[O-].[Cu+2]. The van der Waals surface area contributed by atoms with Crippen molar-refractivity contribution in [3.8, 4) is 0 Å². The second-order valence-corrected chi connectivity index (χ2v) is 12.2. The summed E-state index contributed by atoms with van der Waals surface area (Å²) in [7, 11) is -9.14. The molecular weight excluding hydrogens is 624 g/mol. The molecule has 0 heterocycles. The van der Waals surface area contributed by atoms with E-state index < -0.39 is 20.8 Å². The summed E-state index contributed by atoms with van der Waals surface area (Å²) in [5.74, 6) is 0. The van der Waals surface area contributed by atoms with Crippen LogP contribution in [0.15, 0.2) is 0 Å². The zero-order chi connectivity index (χ0) is 30.2. The molecule has 0 aromatic rings. The van der Waals surface area contributed by atoms with Gasteiger partial charge in [0.15, 0.2) is 0 Å². The van der Waals surface area contributed by atoms with Crippen molar-refractivity contribution in [2.45, 2.75) is 142 Å². The van der Waals surface area contributed by atoms with E-state index in [2.05, 4.69) is 22.2 Å². The summed E-state index contributed by atoms with van der Waals surface area (Å²) in [6.45, 7) is 5.57. The minimum Gasteiger partial charge on any atom is -0.726 e. The van der Waals surface area contributed by atoms with Crippen LogP contribution < -0.4 is 0 Å². The molecule has 0 fully saturated rings. The summed E-state index contributed by atoms with van der Waals surface area (Å²) >= 11 is 0. The molecule has 0 N–H and O–H groups in total. The monoisotopic (exact) mass is 681 g/mol. The van der Waals surface area contributed by atoms with Crippen molar-refractivity contribution < 1.29 is 60.8 Å². The van der Waals surface area contributed by atoms with Crippen molar-refractivity contribution in [2.24, 2.45) is 0 Å². The first-order valence-electron chi connectivity index (χ1n) is 15.5. The minimum absolute atomic E-state index is 0. The Morgan fingerprint density at radius 3 is 0.878 bits per heavy atom. The first-order valence-corrected chi connectivity index (χ1v) is 18.1. The van der Waals surface area contributed by atoms with Crippen LogP contribution in [0.4, 0.5) is 0 Å². The van der Waals surface area contributed by atoms with Gasteiger partial charge in [-0.25, -0.2) is 16.8 Å². The average Bonchev–Trinajstić information content (AvgIpc) is 2.88. The standard InChI is InChI=1S/2C14H30O5S.Cu/c2*1-2-3-4-5-6-7-8-9-10-11-12-18-13-14-19-20(15,16)17;/h2*2-14H2,1H3,(H,15,16,17);/q;;+2/p-2. The molecule has 0 aliphatic carbocycles. The molecule has 0 atom stereocenters. The van der Waals surface area contributed by atoms with E-state index in [4.69, 9.17) is 9.47 Å². The molecule has 0 saturated carbocycles.